The number of hydrogen-bond acceptors (Lipinski definition) is 6. The molecule has 1 atom stereocenters. The van der Waals surface area contributed by atoms with Gasteiger partial charge in [0, 0.05) is 29.4 Å². The second-order valence-corrected chi connectivity index (χ2v) is 6.64. The summed E-state index contributed by atoms with van der Waals surface area (Å²) in [5.41, 5.74) is 9.97. The van der Waals surface area contributed by atoms with Crippen molar-refractivity contribution in [2.75, 3.05) is 26.5 Å². The van der Waals surface area contributed by atoms with Gasteiger partial charge < -0.3 is 24.9 Å². The van der Waals surface area contributed by atoms with Crippen molar-refractivity contribution in [3.63, 3.8) is 0 Å². The molecule has 1 aliphatic rings. The van der Waals surface area contributed by atoms with Crippen molar-refractivity contribution in [3.8, 4) is 11.5 Å². The first-order valence-electron chi connectivity index (χ1n) is 8.75. The number of nitrogen functional groups attached to an aromatic ring is 1. The third-order valence-electron chi connectivity index (χ3n) is 4.99. The Balaban J connectivity index is 1.57. The molecule has 0 saturated heterocycles. The van der Waals surface area contributed by atoms with Crippen molar-refractivity contribution in [3.05, 3.63) is 47.5 Å². The van der Waals surface area contributed by atoms with Crippen LogP contribution in [0.25, 0.3) is 10.9 Å². The SMILES string of the molecule is COc1cc2nc3c(c(N)c2cc1OC)CC(CNC(=O)c1ccco1)C3. The average molecular weight is 367 g/mol. The van der Waals surface area contributed by atoms with Crippen molar-refractivity contribution in [1.29, 1.82) is 0 Å². The van der Waals surface area contributed by atoms with E-state index in [-0.39, 0.29) is 11.8 Å². The maximum atomic E-state index is 12.1. The van der Waals surface area contributed by atoms with Gasteiger partial charge in [-0.05, 0) is 42.5 Å². The first-order valence-corrected chi connectivity index (χ1v) is 8.75. The third kappa shape index (κ3) is 3.05. The molecule has 0 saturated carbocycles. The van der Waals surface area contributed by atoms with E-state index >= 15 is 0 Å². The second kappa shape index (κ2) is 6.83. The molecular formula is C20H21N3O4. The van der Waals surface area contributed by atoms with Crippen LogP contribution in [0.4, 0.5) is 5.69 Å². The molecule has 4 rings (SSSR count). The summed E-state index contributed by atoms with van der Waals surface area (Å²) in [5.74, 6) is 1.59. The van der Waals surface area contributed by atoms with Crippen LogP contribution in [0.15, 0.2) is 34.9 Å². The van der Waals surface area contributed by atoms with Gasteiger partial charge in [-0.3, -0.25) is 9.78 Å². The van der Waals surface area contributed by atoms with Gasteiger partial charge in [-0.2, -0.15) is 0 Å². The van der Waals surface area contributed by atoms with E-state index in [1.165, 1.54) is 6.26 Å². The monoisotopic (exact) mass is 367 g/mol. The van der Waals surface area contributed by atoms with Crippen LogP contribution < -0.4 is 20.5 Å². The summed E-state index contributed by atoms with van der Waals surface area (Å²) in [6.07, 6.45) is 3.03. The molecule has 0 bridgehead atoms. The summed E-state index contributed by atoms with van der Waals surface area (Å²) < 4.78 is 15.9. The number of anilines is 1. The zero-order valence-electron chi connectivity index (χ0n) is 15.2. The Bertz CT molecular complexity index is 998. The zero-order valence-corrected chi connectivity index (χ0v) is 15.2. The van der Waals surface area contributed by atoms with E-state index < -0.39 is 0 Å². The summed E-state index contributed by atoms with van der Waals surface area (Å²) in [5, 5.41) is 3.77. The molecule has 3 N–H and O–H groups in total. The Kier molecular flexibility index (Phi) is 4.35. The minimum Gasteiger partial charge on any atom is -0.493 e. The largest absolute Gasteiger partial charge is 0.493 e. The fraction of sp³-hybridized carbons (Fsp3) is 0.300. The molecule has 1 aliphatic carbocycles. The number of carbonyl (C=O) groups is 1. The van der Waals surface area contributed by atoms with Crippen molar-refractivity contribution in [2.24, 2.45) is 5.92 Å². The molecule has 2 heterocycles. The zero-order chi connectivity index (χ0) is 19.0. The van der Waals surface area contributed by atoms with Crippen molar-refractivity contribution >= 4 is 22.5 Å². The first-order chi connectivity index (χ1) is 13.1. The Morgan fingerprint density at radius 1 is 1.30 bits per heavy atom. The van der Waals surface area contributed by atoms with Crippen molar-refractivity contribution in [2.45, 2.75) is 12.8 Å². The standard InChI is InChI=1S/C20H21N3O4/c1-25-17-8-13-15(9-18(17)26-2)23-14-7-11(6-12(14)19(13)21)10-22-20(24)16-4-3-5-27-16/h3-5,8-9,11H,6-7,10H2,1-2H3,(H2,21,23)(H,22,24). The Morgan fingerprint density at radius 3 is 2.78 bits per heavy atom. The molecule has 7 nitrogen and oxygen atoms in total. The summed E-state index contributed by atoms with van der Waals surface area (Å²) in [7, 11) is 3.19. The maximum Gasteiger partial charge on any atom is 0.286 e. The number of aromatic nitrogens is 1. The number of nitrogens with two attached hydrogens (primary N) is 1. The van der Waals surface area contributed by atoms with Gasteiger partial charge in [-0.25, -0.2) is 0 Å². The topological polar surface area (TPSA) is 99.6 Å². The van der Waals surface area contributed by atoms with Crippen LogP contribution in [0.3, 0.4) is 0 Å². The highest BCUT2D eigenvalue weighted by Gasteiger charge is 2.27. The number of furan rings is 1. The molecule has 0 aliphatic heterocycles. The molecule has 140 valence electrons. The summed E-state index contributed by atoms with van der Waals surface area (Å²) in [6, 6.07) is 7.05. The highest BCUT2D eigenvalue weighted by atomic mass is 16.5. The summed E-state index contributed by atoms with van der Waals surface area (Å²) >= 11 is 0. The van der Waals surface area contributed by atoms with Gasteiger partial charge in [-0.1, -0.05) is 0 Å². The van der Waals surface area contributed by atoms with Gasteiger partial charge >= 0.3 is 0 Å². The van der Waals surface area contributed by atoms with Gasteiger partial charge in [0.2, 0.25) is 0 Å². The predicted molar refractivity (Wildman–Crippen MR) is 101 cm³/mol. The van der Waals surface area contributed by atoms with E-state index in [0.717, 1.165) is 40.7 Å². The van der Waals surface area contributed by atoms with Crippen molar-refractivity contribution in [1.82, 2.24) is 10.3 Å². The van der Waals surface area contributed by atoms with E-state index in [1.807, 2.05) is 12.1 Å². The van der Waals surface area contributed by atoms with Crippen LogP contribution in [0.2, 0.25) is 0 Å². The lowest BCUT2D eigenvalue weighted by Gasteiger charge is -2.12. The molecule has 0 fully saturated rings. The highest BCUT2D eigenvalue weighted by molar-refractivity contribution is 5.95. The van der Waals surface area contributed by atoms with E-state index in [2.05, 4.69) is 5.32 Å². The van der Waals surface area contributed by atoms with Gasteiger partial charge in [0.15, 0.2) is 17.3 Å². The molecule has 0 spiro atoms. The van der Waals surface area contributed by atoms with Gasteiger partial charge in [0.05, 0.1) is 26.0 Å². The molecule has 1 amide bonds. The number of hydrogen-bond donors (Lipinski definition) is 2. The van der Waals surface area contributed by atoms with Gasteiger partial charge in [0.1, 0.15) is 0 Å². The summed E-state index contributed by atoms with van der Waals surface area (Å²) in [6.45, 7) is 0.540. The quantitative estimate of drug-likeness (QED) is 0.719. The molecule has 0 radical (unpaired) electrons. The third-order valence-corrected chi connectivity index (χ3v) is 4.99. The Labute approximate surface area is 156 Å². The number of nitrogens with one attached hydrogen (secondary N) is 1. The van der Waals surface area contributed by atoms with Crippen LogP contribution in [0.1, 0.15) is 21.8 Å². The predicted octanol–water partition coefficient (Wildman–Crippen LogP) is 2.57. The number of nitrogens with zero attached hydrogens (tertiary/aromatic N) is 1. The summed E-state index contributed by atoms with van der Waals surface area (Å²) in [4.78, 5) is 16.8. The van der Waals surface area contributed by atoms with E-state index in [1.54, 1.807) is 26.4 Å². The normalized spacial score (nSPS) is 15.6. The van der Waals surface area contributed by atoms with E-state index in [9.17, 15) is 4.79 Å². The molecule has 2 aromatic heterocycles. The van der Waals surface area contributed by atoms with Crippen LogP contribution in [-0.2, 0) is 12.8 Å². The van der Waals surface area contributed by atoms with E-state index in [0.29, 0.717) is 23.8 Å². The lowest BCUT2D eigenvalue weighted by atomic mass is 10.0. The molecular weight excluding hydrogens is 346 g/mol. The molecule has 7 heteroatoms. The van der Waals surface area contributed by atoms with Crippen LogP contribution in [0, 0.1) is 5.92 Å². The fourth-order valence-corrected chi connectivity index (χ4v) is 3.61. The van der Waals surface area contributed by atoms with Crippen LogP contribution in [-0.4, -0.2) is 31.7 Å². The van der Waals surface area contributed by atoms with E-state index in [4.69, 9.17) is 24.6 Å². The number of carbonyl (C=O) groups excluding carboxylic acids is 1. The molecule has 1 unspecified atom stereocenters. The fourth-order valence-electron chi connectivity index (χ4n) is 3.61. The van der Waals surface area contributed by atoms with Gasteiger partial charge in [0.25, 0.3) is 5.91 Å². The number of amides is 1. The number of rotatable bonds is 5. The Hall–Kier alpha value is -3.22. The molecule has 3 aromatic rings. The lowest BCUT2D eigenvalue weighted by Crippen LogP contribution is -2.29. The number of pyridine rings is 1. The number of ether oxygens (including phenoxy) is 2. The number of fused-ring (bicyclic) bond motifs is 2. The maximum absolute atomic E-state index is 12.1. The smallest absolute Gasteiger partial charge is 0.286 e. The van der Waals surface area contributed by atoms with Gasteiger partial charge in [-0.15, -0.1) is 0 Å². The second-order valence-electron chi connectivity index (χ2n) is 6.64. The highest BCUT2D eigenvalue weighted by Crippen LogP contribution is 2.39. The average Bonchev–Trinajstić information content (AvgIpc) is 3.35. The minimum atomic E-state index is -0.212. The van der Waals surface area contributed by atoms with Crippen LogP contribution in [0.5, 0.6) is 11.5 Å². The minimum absolute atomic E-state index is 0.212. The molecule has 1 aromatic carbocycles. The lowest BCUT2D eigenvalue weighted by molar-refractivity contribution is 0.0919. The number of benzene rings is 1. The Morgan fingerprint density at radius 2 is 2.07 bits per heavy atom. The van der Waals surface area contributed by atoms with Crippen LogP contribution >= 0.6 is 0 Å². The van der Waals surface area contributed by atoms with Crippen molar-refractivity contribution < 1.29 is 18.7 Å². The first kappa shape index (κ1) is 17.2. The number of methoxy groups -OCH3 is 2. The molecule has 27 heavy (non-hydrogen) atoms.